The van der Waals surface area contributed by atoms with E-state index in [0.717, 1.165) is 37.6 Å². The third-order valence-electron chi connectivity index (χ3n) is 3.52. The molecule has 0 radical (unpaired) electrons. The second kappa shape index (κ2) is 6.57. The van der Waals surface area contributed by atoms with Gasteiger partial charge in [0.15, 0.2) is 5.65 Å². The van der Waals surface area contributed by atoms with Crippen LogP contribution in [-0.4, -0.2) is 34.0 Å². The normalized spacial score (nSPS) is 10.8. The third-order valence-corrected chi connectivity index (χ3v) is 4.27. The average molecular weight is 425 g/mol. The lowest BCUT2D eigenvalue weighted by Crippen LogP contribution is -2.04. The van der Waals surface area contributed by atoms with Crippen molar-refractivity contribution in [2.75, 3.05) is 19.5 Å². The number of aryl methyl sites for hydroxylation is 1. The van der Waals surface area contributed by atoms with E-state index in [-0.39, 0.29) is 0 Å². The highest BCUT2D eigenvalue weighted by Gasteiger charge is 2.13. The van der Waals surface area contributed by atoms with Crippen molar-refractivity contribution in [1.82, 2.24) is 19.7 Å². The minimum absolute atomic E-state index is 0.574. The monoisotopic (exact) mass is 425 g/mol. The Morgan fingerprint density at radius 3 is 2.78 bits per heavy atom. The highest BCUT2D eigenvalue weighted by Crippen LogP contribution is 2.27. The van der Waals surface area contributed by atoms with Crippen molar-refractivity contribution in [3.63, 3.8) is 0 Å². The smallest absolute Gasteiger partial charge is 0.164 e. The van der Waals surface area contributed by atoms with Gasteiger partial charge in [0.25, 0.3) is 0 Å². The number of benzene rings is 1. The molecule has 1 N–H and O–H groups in total. The molecule has 0 spiro atoms. The molecule has 8 heteroatoms. The number of methoxy groups -OCH3 is 2. The van der Waals surface area contributed by atoms with E-state index in [4.69, 9.17) is 9.47 Å². The van der Waals surface area contributed by atoms with Crippen molar-refractivity contribution < 1.29 is 9.47 Å². The summed E-state index contributed by atoms with van der Waals surface area (Å²) in [5, 5.41) is 8.64. The summed E-state index contributed by atoms with van der Waals surface area (Å²) in [6.07, 6.45) is 1.54. The zero-order chi connectivity index (χ0) is 16.4. The molecule has 0 aliphatic rings. The molecule has 2 aromatic heterocycles. The van der Waals surface area contributed by atoms with Crippen LogP contribution in [0.1, 0.15) is 5.56 Å². The quantitative estimate of drug-likeness (QED) is 0.634. The molecular weight excluding hydrogens is 409 g/mol. The number of aromatic nitrogens is 4. The largest absolute Gasteiger partial charge is 0.497 e. The van der Waals surface area contributed by atoms with Crippen LogP contribution in [0.4, 0.5) is 5.82 Å². The first kappa shape index (κ1) is 15.8. The van der Waals surface area contributed by atoms with E-state index in [1.165, 1.54) is 6.33 Å². The maximum absolute atomic E-state index is 5.42. The van der Waals surface area contributed by atoms with Gasteiger partial charge in [-0.3, -0.25) is 0 Å². The Hall–Kier alpha value is -2.10. The summed E-state index contributed by atoms with van der Waals surface area (Å²) < 4.78 is 13.3. The number of fused-ring (bicyclic) bond motifs is 1. The number of anilines is 1. The molecule has 0 bridgehead atoms. The van der Waals surface area contributed by atoms with Gasteiger partial charge in [0.2, 0.25) is 0 Å². The number of hydrogen-bond acceptors (Lipinski definition) is 6. The van der Waals surface area contributed by atoms with Gasteiger partial charge in [-0.15, -0.1) is 0 Å². The van der Waals surface area contributed by atoms with Gasteiger partial charge in [-0.05, 0) is 34.7 Å². The molecule has 0 aliphatic carbocycles. The van der Waals surface area contributed by atoms with Gasteiger partial charge in [0, 0.05) is 25.2 Å². The Balaban J connectivity index is 1.89. The van der Waals surface area contributed by atoms with Gasteiger partial charge < -0.3 is 14.8 Å². The fourth-order valence-electron chi connectivity index (χ4n) is 2.35. The molecular formula is C15H16IN5O2. The lowest BCUT2D eigenvalue weighted by molar-refractivity contribution is 0.391. The van der Waals surface area contributed by atoms with E-state index in [2.05, 4.69) is 43.0 Å². The lowest BCUT2D eigenvalue weighted by Gasteiger charge is -2.12. The molecule has 23 heavy (non-hydrogen) atoms. The summed E-state index contributed by atoms with van der Waals surface area (Å²) in [5.41, 5.74) is 1.81. The van der Waals surface area contributed by atoms with Crippen LogP contribution in [0, 0.1) is 3.70 Å². The van der Waals surface area contributed by atoms with E-state index >= 15 is 0 Å². The number of nitrogens with zero attached hydrogens (tertiary/aromatic N) is 4. The second-order valence-corrected chi connectivity index (χ2v) is 5.89. The van der Waals surface area contributed by atoms with Crippen molar-refractivity contribution in [3.05, 3.63) is 33.8 Å². The summed E-state index contributed by atoms with van der Waals surface area (Å²) in [4.78, 5) is 8.62. The van der Waals surface area contributed by atoms with Crippen LogP contribution in [-0.2, 0) is 13.6 Å². The molecule has 1 aromatic carbocycles. The Labute approximate surface area is 147 Å². The second-order valence-electron chi connectivity index (χ2n) is 4.87. The van der Waals surface area contributed by atoms with E-state index in [0.29, 0.717) is 6.54 Å². The first-order valence-corrected chi connectivity index (χ1v) is 8.00. The number of ether oxygens (including phenoxy) is 2. The number of nitrogens with one attached hydrogen (secondary N) is 1. The molecule has 3 aromatic rings. The maximum atomic E-state index is 5.42. The van der Waals surface area contributed by atoms with Crippen molar-refractivity contribution >= 4 is 39.4 Å². The van der Waals surface area contributed by atoms with E-state index in [9.17, 15) is 0 Å². The molecule has 0 aliphatic heterocycles. The predicted octanol–water partition coefficient (Wildman–Crippen LogP) is 2.60. The predicted molar refractivity (Wildman–Crippen MR) is 95.9 cm³/mol. The summed E-state index contributed by atoms with van der Waals surface area (Å²) in [6.45, 7) is 0.574. The van der Waals surface area contributed by atoms with Crippen molar-refractivity contribution in [3.8, 4) is 11.5 Å². The van der Waals surface area contributed by atoms with Crippen LogP contribution < -0.4 is 14.8 Å². The van der Waals surface area contributed by atoms with Crippen molar-refractivity contribution in [2.24, 2.45) is 7.05 Å². The standard InChI is InChI=1S/C15H16IN5O2/c1-21-15-12(13(16)20-21)14(18-8-19-15)17-7-9-4-5-10(22-2)6-11(9)23-3/h4-6,8H,7H2,1-3H3,(H,17,18,19). The fourth-order valence-corrected chi connectivity index (χ4v) is 3.17. The Morgan fingerprint density at radius 2 is 2.04 bits per heavy atom. The molecule has 2 heterocycles. The topological polar surface area (TPSA) is 74.1 Å². The van der Waals surface area contributed by atoms with Crippen LogP contribution in [0.2, 0.25) is 0 Å². The Kier molecular flexibility index (Phi) is 4.51. The van der Waals surface area contributed by atoms with Crippen LogP contribution in [0.3, 0.4) is 0 Å². The summed E-state index contributed by atoms with van der Waals surface area (Å²) in [7, 11) is 5.15. The van der Waals surface area contributed by atoms with E-state index in [1.807, 2.05) is 25.2 Å². The minimum atomic E-state index is 0.574. The first-order valence-electron chi connectivity index (χ1n) is 6.92. The zero-order valence-electron chi connectivity index (χ0n) is 13.0. The van der Waals surface area contributed by atoms with Gasteiger partial charge in [-0.1, -0.05) is 0 Å². The van der Waals surface area contributed by atoms with E-state index < -0.39 is 0 Å². The summed E-state index contributed by atoms with van der Waals surface area (Å²) in [5.74, 6) is 2.28. The average Bonchev–Trinajstić information content (AvgIpc) is 2.87. The molecule has 0 amide bonds. The summed E-state index contributed by atoms with van der Waals surface area (Å²) >= 11 is 2.19. The number of hydrogen-bond donors (Lipinski definition) is 1. The van der Waals surface area contributed by atoms with Gasteiger partial charge in [-0.2, -0.15) is 5.10 Å². The highest BCUT2D eigenvalue weighted by molar-refractivity contribution is 14.1. The third kappa shape index (κ3) is 3.03. The lowest BCUT2D eigenvalue weighted by atomic mass is 10.2. The minimum Gasteiger partial charge on any atom is -0.497 e. The fraction of sp³-hybridized carbons (Fsp3) is 0.267. The molecule has 120 valence electrons. The van der Waals surface area contributed by atoms with Crippen molar-refractivity contribution in [2.45, 2.75) is 6.54 Å². The van der Waals surface area contributed by atoms with Gasteiger partial charge in [0.05, 0.1) is 19.6 Å². The zero-order valence-corrected chi connectivity index (χ0v) is 15.2. The Morgan fingerprint density at radius 1 is 1.22 bits per heavy atom. The van der Waals surface area contributed by atoms with Crippen molar-refractivity contribution in [1.29, 1.82) is 0 Å². The van der Waals surface area contributed by atoms with Crippen LogP contribution in [0.5, 0.6) is 11.5 Å². The summed E-state index contributed by atoms with van der Waals surface area (Å²) in [6, 6.07) is 5.74. The maximum Gasteiger partial charge on any atom is 0.164 e. The SMILES string of the molecule is COc1ccc(CNc2ncnc3c2c(I)nn3C)c(OC)c1. The van der Waals surface area contributed by atoms with E-state index in [1.54, 1.807) is 18.9 Å². The highest BCUT2D eigenvalue weighted by atomic mass is 127. The molecule has 7 nitrogen and oxygen atoms in total. The molecule has 3 rings (SSSR count). The molecule has 0 saturated heterocycles. The first-order chi connectivity index (χ1) is 11.1. The molecule has 0 fully saturated rings. The van der Waals surface area contributed by atoms with Crippen LogP contribution in [0.25, 0.3) is 11.0 Å². The van der Waals surface area contributed by atoms with Gasteiger partial charge in [0.1, 0.15) is 27.3 Å². The van der Waals surface area contributed by atoms with Gasteiger partial charge >= 0.3 is 0 Å². The Bertz CT molecular complexity index is 849. The van der Waals surface area contributed by atoms with Crippen LogP contribution in [0.15, 0.2) is 24.5 Å². The molecule has 0 unspecified atom stereocenters. The molecule has 0 atom stereocenters. The molecule has 0 saturated carbocycles. The van der Waals surface area contributed by atoms with Gasteiger partial charge in [-0.25, -0.2) is 14.6 Å². The van der Waals surface area contributed by atoms with Crippen LogP contribution >= 0.6 is 22.6 Å². The number of rotatable bonds is 5. The number of halogens is 1.